The summed E-state index contributed by atoms with van der Waals surface area (Å²) >= 11 is 1.26. The number of hydrogen-bond donors (Lipinski definition) is 0. The molecule has 9 nitrogen and oxygen atoms in total. The Morgan fingerprint density at radius 2 is 1.94 bits per heavy atom. The number of carbonyl (C=O) groups excluding carboxylic acids is 1. The third kappa shape index (κ3) is 5.17. The van der Waals surface area contributed by atoms with Gasteiger partial charge < -0.3 is 9.30 Å². The quantitative estimate of drug-likeness (QED) is 0.373. The number of methoxy groups -OCH3 is 1. The van der Waals surface area contributed by atoms with Gasteiger partial charge in [0.2, 0.25) is 5.91 Å². The Morgan fingerprint density at radius 3 is 2.55 bits per heavy atom. The first-order chi connectivity index (χ1) is 14.7. The monoisotopic (exact) mass is 463 g/mol. The van der Waals surface area contributed by atoms with E-state index < -0.39 is 20.7 Å². The van der Waals surface area contributed by atoms with Crippen molar-refractivity contribution in [3.05, 3.63) is 57.4 Å². The van der Waals surface area contributed by atoms with Gasteiger partial charge in [-0.15, -0.1) is 0 Å². The molecule has 164 valence electrons. The molecule has 0 aliphatic carbocycles. The van der Waals surface area contributed by atoms with E-state index in [4.69, 9.17) is 4.74 Å². The smallest absolute Gasteiger partial charge is 0.271 e. The van der Waals surface area contributed by atoms with Gasteiger partial charge >= 0.3 is 0 Å². The summed E-state index contributed by atoms with van der Waals surface area (Å²) in [5, 5.41) is 11.0. The van der Waals surface area contributed by atoms with E-state index in [1.165, 1.54) is 42.7 Å². The molecule has 0 aliphatic heterocycles. The van der Waals surface area contributed by atoms with Crippen LogP contribution in [0.15, 0.2) is 52.4 Å². The summed E-state index contributed by atoms with van der Waals surface area (Å²) in [4.78, 5) is 27.6. The highest BCUT2D eigenvalue weighted by Crippen LogP contribution is 2.23. The van der Waals surface area contributed by atoms with Crippen LogP contribution >= 0.6 is 11.3 Å². The molecule has 0 bridgehead atoms. The number of thiazole rings is 1. The fraction of sp³-hybridized carbons (Fsp3) is 0.300. The molecule has 0 fully saturated rings. The van der Waals surface area contributed by atoms with Crippen molar-refractivity contribution in [2.75, 3.05) is 12.9 Å². The number of nitro groups is 1. The van der Waals surface area contributed by atoms with Gasteiger partial charge in [-0.1, -0.05) is 11.3 Å². The largest absolute Gasteiger partial charge is 0.497 e. The molecule has 0 radical (unpaired) electrons. The van der Waals surface area contributed by atoms with Crippen LogP contribution in [0, 0.1) is 10.1 Å². The molecule has 3 aromatic rings. The number of non-ortho nitro benzene ring substituents is 1. The Kier molecular flexibility index (Phi) is 6.86. The number of benzene rings is 2. The Morgan fingerprint density at radius 1 is 1.23 bits per heavy atom. The van der Waals surface area contributed by atoms with Gasteiger partial charge in [0, 0.05) is 25.1 Å². The molecule has 3 rings (SSSR count). The van der Waals surface area contributed by atoms with E-state index in [1.54, 1.807) is 22.8 Å². The third-order valence-corrected chi connectivity index (χ3v) is 7.51. The summed E-state index contributed by atoms with van der Waals surface area (Å²) in [6.45, 7) is 2.34. The van der Waals surface area contributed by atoms with Crippen molar-refractivity contribution >= 4 is 43.0 Å². The molecule has 0 atom stereocenters. The number of fused-ring (bicyclic) bond motifs is 1. The average Bonchev–Trinajstić information content (AvgIpc) is 3.09. The lowest BCUT2D eigenvalue weighted by molar-refractivity contribution is -0.384. The summed E-state index contributed by atoms with van der Waals surface area (Å²) in [5.74, 6) is -0.0496. The van der Waals surface area contributed by atoms with E-state index in [1.807, 2.05) is 6.92 Å². The van der Waals surface area contributed by atoms with E-state index in [-0.39, 0.29) is 29.2 Å². The zero-order valence-corrected chi connectivity index (χ0v) is 18.6. The zero-order valence-electron chi connectivity index (χ0n) is 17.0. The van der Waals surface area contributed by atoms with Gasteiger partial charge in [0.1, 0.15) is 5.75 Å². The number of nitrogens with zero attached hydrogens (tertiary/aromatic N) is 3. The molecule has 0 spiro atoms. The van der Waals surface area contributed by atoms with Crippen molar-refractivity contribution in [1.82, 2.24) is 4.57 Å². The predicted octanol–water partition coefficient (Wildman–Crippen LogP) is 3.32. The number of hydrogen-bond acceptors (Lipinski definition) is 7. The molecule has 11 heteroatoms. The molecule has 0 saturated carbocycles. The number of nitro benzene ring substituents is 1. The van der Waals surface area contributed by atoms with Crippen LogP contribution in [-0.2, 0) is 21.2 Å². The molecule has 1 aromatic heterocycles. The van der Waals surface area contributed by atoms with E-state index >= 15 is 0 Å². The number of amides is 1. The van der Waals surface area contributed by atoms with Gasteiger partial charge in [0.25, 0.3) is 5.69 Å². The van der Waals surface area contributed by atoms with Crippen molar-refractivity contribution < 1.29 is 22.9 Å². The lowest BCUT2D eigenvalue weighted by atomic mass is 10.3. The van der Waals surface area contributed by atoms with Gasteiger partial charge in [-0.25, -0.2) is 8.42 Å². The topological polar surface area (TPSA) is 121 Å². The summed E-state index contributed by atoms with van der Waals surface area (Å²) in [6, 6.07) is 10.6. The standard InChI is InChI=1S/C20H21N3O6S2/c1-3-22-17-13-14(23(25)26)6-11-18(17)30-20(22)21-19(24)5-4-12-31(27,28)16-9-7-15(29-2)8-10-16/h6-11,13H,3-5,12H2,1-2H3. The maximum absolute atomic E-state index is 12.4. The van der Waals surface area contributed by atoms with Crippen molar-refractivity contribution in [2.45, 2.75) is 31.2 Å². The summed E-state index contributed by atoms with van der Waals surface area (Å²) in [5.41, 5.74) is 0.601. The van der Waals surface area contributed by atoms with E-state index in [9.17, 15) is 23.3 Å². The number of rotatable bonds is 8. The molecule has 0 saturated heterocycles. The van der Waals surface area contributed by atoms with Crippen molar-refractivity contribution in [2.24, 2.45) is 4.99 Å². The van der Waals surface area contributed by atoms with Crippen molar-refractivity contribution in [1.29, 1.82) is 0 Å². The van der Waals surface area contributed by atoms with Crippen molar-refractivity contribution in [3.63, 3.8) is 0 Å². The Labute approximate surface area is 182 Å². The number of aryl methyl sites for hydroxylation is 1. The van der Waals surface area contributed by atoms with Crippen LogP contribution in [0.4, 0.5) is 5.69 Å². The van der Waals surface area contributed by atoms with Gasteiger partial charge in [-0.3, -0.25) is 14.9 Å². The van der Waals surface area contributed by atoms with Crippen LogP contribution in [0.1, 0.15) is 19.8 Å². The summed E-state index contributed by atoms with van der Waals surface area (Å²) in [7, 11) is -2.02. The molecule has 31 heavy (non-hydrogen) atoms. The van der Waals surface area contributed by atoms with Crippen molar-refractivity contribution in [3.8, 4) is 5.75 Å². The summed E-state index contributed by atoms with van der Waals surface area (Å²) < 4.78 is 32.4. The Bertz CT molecular complexity index is 1290. The first-order valence-electron chi connectivity index (χ1n) is 9.47. The van der Waals surface area contributed by atoms with Crippen LogP contribution in [0.25, 0.3) is 10.2 Å². The van der Waals surface area contributed by atoms with Gasteiger partial charge in [-0.05, 0) is 43.7 Å². The number of carbonyl (C=O) groups is 1. The molecule has 0 unspecified atom stereocenters. The normalized spacial score (nSPS) is 12.3. The SMILES string of the molecule is CCn1c(=NC(=O)CCCS(=O)(=O)c2ccc(OC)cc2)sc2ccc([N+](=O)[O-])cc21. The fourth-order valence-corrected chi connectivity index (χ4v) is 5.44. The number of aromatic nitrogens is 1. The minimum absolute atomic E-state index is 0.0203. The molecular weight excluding hydrogens is 442 g/mol. The van der Waals surface area contributed by atoms with Gasteiger partial charge in [-0.2, -0.15) is 4.99 Å². The average molecular weight is 464 g/mol. The molecule has 0 N–H and O–H groups in total. The van der Waals surface area contributed by atoms with Crippen LogP contribution < -0.4 is 9.54 Å². The maximum Gasteiger partial charge on any atom is 0.271 e. The maximum atomic E-state index is 12.4. The van der Waals surface area contributed by atoms with Crippen LogP contribution in [0.2, 0.25) is 0 Å². The van der Waals surface area contributed by atoms with E-state index in [0.717, 1.165) is 4.70 Å². The first-order valence-corrected chi connectivity index (χ1v) is 11.9. The molecule has 0 aliphatic rings. The second-order valence-corrected chi connectivity index (χ2v) is 9.76. The zero-order chi connectivity index (χ0) is 22.6. The molecule has 1 amide bonds. The highest BCUT2D eigenvalue weighted by Gasteiger charge is 2.16. The van der Waals surface area contributed by atoms with E-state index in [0.29, 0.717) is 22.6 Å². The van der Waals surface area contributed by atoms with Crippen LogP contribution in [0.3, 0.4) is 0 Å². The number of sulfone groups is 1. The lowest BCUT2D eigenvalue weighted by Crippen LogP contribution is -2.16. The highest BCUT2D eigenvalue weighted by molar-refractivity contribution is 7.91. The minimum Gasteiger partial charge on any atom is -0.497 e. The minimum atomic E-state index is -3.52. The van der Waals surface area contributed by atoms with Gasteiger partial charge in [0.15, 0.2) is 14.6 Å². The molecular formula is C20H21N3O6S2. The Balaban J connectivity index is 1.73. The fourth-order valence-electron chi connectivity index (χ4n) is 3.04. The van der Waals surface area contributed by atoms with Crippen LogP contribution in [0.5, 0.6) is 5.75 Å². The van der Waals surface area contributed by atoms with Crippen LogP contribution in [-0.4, -0.2) is 36.7 Å². The first kappa shape index (κ1) is 22.6. The summed E-state index contributed by atoms with van der Waals surface area (Å²) in [6.07, 6.45) is 0.118. The third-order valence-electron chi connectivity index (χ3n) is 4.64. The second kappa shape index (κ2) is 9.40. The van der Waals surface area contributed by atoms with Gasteiger partial charge in [0.05, 0.1) is 32.9 Å². The second-order valence-electron chi connectivity index (χ2n) is 6.64. The lowest BCUT2D eigenvalue weighted by Gasteiger charge is -2.05. The predicted molar refractivity (Wildman–Crippen MR) is 117 cm³/mol. The Hall–Kier alpha value is -3.05. The number of ether oxygens (including phenoxy) is 1. The molecule has 1 heterocycles. The highest BCUT2D eigenvalue weighted by atomic mass is 32.2. The van der Waals surface area contributed by atoms with E-state index in [2.05, 4.69) is 4.99 Å². The molecule has 2 aromatic carbocycles.